The zero-order chi connectivity index (χ0) is 10.6. The summed E-state index contributed by atoms with van der Waals surface area (Å²) in [7, 11) is 0. The molecule has 0 aliphatic heterocycles. The van der Waals surface area contributed by atoms with Crippen LogP contribution in [-0.2, 0) is 10.1 Å². The first kappa shape index (κ1) is 11.3. The lowest BCUT2D eigenvalue weighted by Crippen LogP contribution is -1.86. The maximum Gasteiger partial charge on any atom is 0.328 e. The first-order valence-corrected chi connectivity index (χ1v) is 5.39. The van der Waals surface area contributed by atoms with Gasteiger partial charge < -0.3 is 5.11 Å². The number of hydrogen-bond donors (Lipinski definition) is 1. The van der Waals surface area contributed by atoms with Crippen LogP contribution in [0.5, 0.6) is 0 Å². The summed E-state index contributed by atoms with van der Waals surface area (Å²) in [5.74, 6) is -0.967. The fourth-order valence-corrected chi connectivity index (χ4v) is 1.85. The minimum Gasteiger partial charge on any atom is -0.478 e. The molecule has 1 aromatic rings. The van der Waals surface area contributed by atoms with E-state index in [0.717, 1.165) is 17.2 Å². The van der Waals surface area contributed by atoms with Gasteiger partial charge in [-0.15, -0.1) is 0 Å². The van der Waals surface area contributed by atoms with Crippen molar-refractivity contribution in [3.8, 4) is 0 Å². The van der Waals surface area contributed by atoms with E-state index in [2.05, 4.69) is 15.9 Å². The molecule has 0 aliphatic carbocycles. The van der Waals surface area contributed by atoms with Crippen molar-refractivity contribution in [3.63, 3.8) is 0 Å². The molecular formula is C10H8BrClO2. The topological polar surface area (TPSA) is 37.3 Å². The smallest absolute Gasteiger partial charge is 0.328 e. The van der Waals surface area contributed by atoms with E-state index < -0.39 is 5.97 Å². The Hall–Kier alpha value is -0.800. The van der Waals surface area contributed by atoms with Gasteiger partial charge in [0.2, 0.25) is 0 Å². The molecular weight excluding hydrogens is 267 g/mol. The van der Waals surface area contributed by atoms with Crippen LogP contribution in [0.4, 0.5) is 0 Å². The molecule has 1 aromatic carbocycles. The van der Waals surface area contributed by atoms with Crippen molar-refractivity contribution in [1.82, 2.24) is 0 Å². The van der Waals surface area contributed by atoms with E-state index in [1.807, 2.05) is 12.1 Å². The molecule has 0 fully saturated rings. The van der Waals surface area contributed by atoms with Crippen molar-refractivity contribution in [2.75, 3.05) is 0 Å². The maximum absolute atomic E-state index is 10.3. The summed E-state index contributed by atoms with van der Waals surface area (Å²) in [5, 5.41) is 9.74. The zero-order valence-electron chi connectivity index (χ0n) is 7.21. The van der Waals surface area contributed by atoms with E-state index in [-0.39, 0.29) is 0 Å². The quantitative estimate of drug-likeness (QED) is 0.678. The van der Waals surface area contributed by atoms with Crippen molar-refractivity contribution in [3.05, 3.63) is 40.4 Å². The van der Waals surface area contributed by atoms with Crippen LogP contribution in [-0.4, -0.2) is 11.1 Å². The summed E-state index contributed by atoms with van der Waals surface area (Å²) in [4.78, 5) is 10.3. The van der Waals surface area contributed by atoms with Crippen LogP contribution in [0.3, 0.4) is 0 Å². The van der Waals surface area contributed by atoms with Gasteiger partial charge >= 0.3 is 5.97 Å². The molecule has 2 nitrogen and oxygen atoms in total. The second-order valence-corrected chi connectivity index (χ2v) is 3.62. The second kappa shape index (κ2) is 5.17. The van der Waals surface area contributed by atoms with Crippen molar-refractivity contribution >= 4 is 39.6 Å². The standard InChI is InChI=1S/C10H8BrClO2/c11-6-8-3-1-7(5-9(8)12)2-4-10(13)14/h1-5H,6H2,(H,13,14). The van der Waals surface area contributed by atoms with Crippen molar-refractivity contribution in [2.45, 2.75) is 5.33 Å². The number of hydrogen-bond acceptors (Lipinski definition) is 1. The minimum atomic E-state index is -0.967. The molecule has 14 heavy (non-hydrogen) atoms. The van der Waals surface area contributed by atoms with E-state index in [4.69, 9.17) is 16.7 Å². The Kier molecular flexibility index (Phi) is 4.17. The number of carboxylic acid groups (broad SMARTS) is 1. The molecule has 1 N–H and O–H groups in total. The van der Waals surface area contributed by atoms with Crippen molar-refractivity contribution in [2.24, 2.45) is 0 Å². The van der Waals surface area contributed by atoms with Crippen molar-refractivity contribution in [1.29, 1.82) is 0 Å². The fourth-order valence-electron chi connectivity index (χ4n) is 0.943. The Bertz CT molecular complexity index is 374. The number of carbonyl (C=O) groups is 1. The fraction of sp³-hybridized carbons (Fsp3) is 0.100. The van der Waals surface area contributed by atoms with Gasteiger partial charge in [-0.2, -0.15) is 0 Å². The van der Waals surface area contributed by atoms with E-state index >= 15 is 0 Å². The van der Waals surface area contributed by atoms with Gasteiger partial charge in [0.15, 0.2) is 0 Å². The normalized spacial score (nSPS) is 10.7. The molecule has 74 valence electrons. The van der Waals surface area contributed by atoms with Gasteiger partial charge in [0.1, 0.15) is 0 Å². The molecule has 0 atom stereocenters. The number of benzene rings is 1. The van der Waals surface area contributed by atoms with E-state index in [1.54, 1.807) is 6.07 Å². The molecule has 0 aliphatic rings. The Morgan fingerprint density at radius 3 is 2.79 bits per heavy atom. The van der Waals surface area contributed by atoms with E-state index in [0.29, 0.717) is 10.4 Å². The summed E-state index contributed by atoms with van der Waals surface area (Å²) in [6.45, 7) is 0. The average Bonchev–Trinajstić information content (AvgIpc) is 2.15. The molecule has 0 saturated carbocycles. The van der Waals surface area contributed by atoms with E-state index in [9.17, 15) is 4.79 Å². The second-order valence-electron chi connectivity index (χ2n) is 2.66. The van der Waals surface area contributed by atoms with Gasteiger partial charge in [-0.25, -0.2) is 4.79 Å². The van der Waals surface area contributed by atoms with E-state index in [1.165, 1.54) is 6.08 Å². The lowest BCUT2D eigenvalue weighted by molar-refractivity contribution is -0.131. The van der Waals surface area contributed by atoms with Gasteiger partial charge in [0.05, 0.1) is 0 Å². The average molecular weight is 276 g/mol. The van der Waals surface area contributed by atoms with Crippen LogP contribution < -0.4 is 0 Å². The van der Waals surface area contributed by atoms with Crippen LogP contribution in [0.2, 0.25) is 5.02 Å². The van der Waals surface area contributed by atoms with Crippen LogP contribution in [0.15, 0.2) is 24.3 Å². The summed E-state index contributed by atoms with van der Waals surface area (Å²) < 4.78 is 0. The van der Waals surface area contributed by atoms with Crippen LogP contribution in [0.1, 0.15) is 11.1 Å². The van der Waals surface area contributed by atoms with Gasteiger partial charge in [-0.1, -0.05) is 39.7 Å². The van der Waals surface area contributed by atoms with Crippen LogP contribution >= 0.6 is 27.5 Å². The lowest BCUT2D eigenvalue weighted by Gasteiger charge is -2.00. The molecule has 0 unspecified atom stereocenters. The molecule has 4 heteroatoms. The number of rotatable bonds is 3. The first-order chi connectivity index (χ1) is 6.63. The van der Waals surface area contributed by atoms with Gasteiger partial charge in [0.25, 0.3) is 0 Å². The molecule has 0 bridgehead atoms. The van der Waals surface area contributed by atoms with Crippen LogP contribution in [0.25, 0.3) is 6.08 Å². The monoisotopic (exact) mass is 274 g/mol. The van der Waals surface area contributed by atoms with Gasteiger partial charge in [-0.05, 0) is 23.3 Å². The Labute approximate surface area is 95.3 Å². The molecule has 0 aromatic heterocycles. The predicted octanol–water partition coefficient (Wildman–Crippen LogP) is 3.33. The highest BCUT2D eigenvalue weighted by molar-refractivity contribution is 9.08. The SMILES string of the molecule is O=C(O)C=Cc1ccc(CBr)c(Cl)c1. The summed E-state index contributed by atoms with van der Waals surface area (Å²) in [6.07, 6.45) is 2.59. The highest BCUT2D eigenvalue weighted by Gasteiger charge is 1.98. The third-order valence-electron chi connectivity index (χ3n) is 1.64. The predicted molar refractivity (Wildman–Crippen MR) is 60.8 cm³/mol. The van der Waals surface area contributed by atoms with Crippen LogP contribution in [0, 0.1) is 0 Å². The molecule has 0 amide bonds. The number of alkyl halides is 1. The third kappa shape index (κ3) is 3.16. The summed E-state index contributed by atoms with van der Waals surface area (Å²) in [6, 6.07) is 5.41. The minimum absolute atomic E-state index is 0.634. The molecule has 0 radical (unpaired) electrons. The highest BCUT2D eigenvalue weighted by atomic mass is 79.9. The highest BCUT2D eigenvalue weighted by Crippen LogP contribution is 2.20. The molecule has 0 saturated heterocycles. The summed E-state index contributed by atoms with van der Waals surface area (Å²) >= 11 is 9.23. The number of aliphatic carboxylic acids is 1. The number of halogens is 2. The lowest BCUT2D eigenvalue weighted by atomic mass is 10.1. The molecule has 0 spiro atoms. The van der Waals surface area contributed by atoms with Gasteiger partial charge in [0, 0.05) is 16.4 Å². The van der Waals surface area contributed by atoms with Crippen molar-refractivity contribution < 1.29 is 9.90 Å². The molecule has 1 rings (SSSR count). The Morgan fingerprint density at radius 1 is 1.57 bits per heavy atom. The largest absolute Gasteiger partial charge is 0.478 e. The van der Waals surface area contributed by atoms with Gasteiger partial charge in [-0.3, -0.25) is 0 Å². The Morgan fingerprint density at radius 2 is 2.29 bits per heavy atom. The maximum atomic E-state index is 10.3. The zero-order valence-corrected chi connectivity index (χ0v) is 9.55. The number of carboxylic acids is 1. The third-order valence-corrected chi connectivity index (χ3v) is 2.60. The first-order valence-electron chi connectivity index (χ1n) is 3.89. The summed E-state index contributed by atoms with van der Waals surface area (Å²) in [5.41, 5.74) is 1.77. The molecule has 0 heterocycles. The Balaban J connectivity index is 2.91.